The SMILES string of the molecule is COc1ccc(C(=O)[C@@H]2[C@@H]3C(=O)N(c4ccc(Br)cc4)C(=O)[C@H]3[C@@H]3C=Cc4ccccc4N23)cc1. The van der Waals surface area contributed by atoms with Gasteiger partial charge in [0, 0.05) is 15.7 Å². The maximum absolute atomic E-state index is 14.0. The van der Waals surface area contributed by atoms with E-state index in [1.54, 1.807) is 55.6 Å². The highest BCUT2D eigenvalue weighted by Crippen LogP contribution is 2.49. The Balaban J connectivity index is 1.47. The number of fused-ring (bicyclic) bond motifs is 5. The van der Waals surface area contributed by atoms with Gasteiger partial charge in [-0.25, -0.2) is 4.90 Å². The number of ether oxygens (including phenoxy) is 1. The van der Waals surface area contributed by atoms with Crippen LogP contribution in [0.4, 0.5) is 11.4 Å². The van der Waals surface area contributed by atoms with Crippen LogP contribution in [-0.4, -0.2) is 36.8 Å². The van der Waals surface area contributed by atoms with Crippen molar-refractivity contribution in [2.75, 3.05) is 16.9 Å². The van der Waals surface area contributed by atoms with Crippen LogP contribution in [0.3, 0.4) is 0 Å². The van der Waals surface area contributed by atoms with Gasteiger partial charge in [0.2, 0.25) is 11.8 Å². The number of ketones is 1. The monoisotopic (exact) mass is 528 g/mol. The Morgan fingerprint density at radius 3 is 2.29 bits per heavy atom. The van der Waals surface area contributed by atoms with Crippen LogP contribution in [0.5, 0.6) is 5.75 Å². The van der Waals surface area contributed by atoms with Gasteiger partial charge >= 0.3 is 0 Å². The van der Waals surface area contributed by atoms with Gasteiger partial charge in [0.1, 0.15) is 11.8 Å². The molecule has 6 nitrogen and oxygen atoms in total. The number of hydrogen-bond acceptors (Lipinski definition) is 5. The highest BCUT2D eigenvalue weighted by atomic mass is 79.9. The highest BCUT2D eigenvalue weighted by molar-refractivity contribution is 9.10. The van der Waals surface area contributed by atoms with Crippen molar-refractivity contribution in [3.8, 4) is 5.75 Å². The van der Waals surface area contributed by atoms with Crippen LogP contribution in [0.2, 0.25) is 0 Å². The molecule has 3 aliphatic rings. The van der Waals surface area contributed by atoms with E-state index >= 15 is 0 Å². The van der Waals surface area contributed by atoms with E-state index in [-0.39, 0.29) is 23.6 Å². The minimum atomic E-state index is -0.804. The Bertz CT molecular complexity index is 1380. The van der Waals surface area contributed by atoms with Crippen molar-refractivity contribution in [3.05, 3.63) is 94.5 Å². The second-order valence-corrected chi connectivity index (χ2v) is 9.81. The van der Waals surface area contributed by atoms with Crippen LogP contribution in [0.15, 0.2) is 83.3 Å². The normalized spacial score (nSPS) is 24.3. The molecule has 0 unspecified atom stereocenters. The molecule has 3 aliphatic heterocycles. The summed E-state index contributed by atoms with van der Waals surface area (Å²) in [6.45, 7) is 0. The lowest BCUT2D eigenvalue weighted by molar-refractivity contribution is -0.122. The molecule has 3 heterocycles. The molecule has 6 rings (SSSR count). The molecule has 174 valence electrons. The van der Waals surface area contributed by atoms with Crippen molar-refractivity contribution < 1.29 is 19.1 Å². The van der Waals surface area contributed by atoms with Gasteiger partial charge in [-0.15, -0.1) is 0 Å². The number of carbonyl (C=O) groups is 3. The van der Waals surface area contributed by atoms with E-state index in [2.05, 4.69) is 15.9 Å². The first-order chi connectivity index (χ1) is 17.0. The van der Waals surface area contributed by atoms with Gasteiger partial charge in [-0.2, -0.15) is 0 Å². The minimum Gasteiger partial charge on any atom is -0.497 e. The third kappa shape index (κ3) is 3.26. The molecule has 0 spiro atoms. The molecule has 2 saturated heterocycles. The Hall–Kier alpha value is -3.71. The lowest BCUT2D eigenvalue weighted by Gasteiger charge is -2.36. The van der Waals surface area contributed by atoms with E-state index in [0.29, 0.717) is 17.0 Å². The van der Waals surface area contributed by atoms with Crippen LogP contribution >= 0.6 is 15.9 Å². The Labute approximate surface area is 210 Å². The summed E-state index contributed by atoms with van der Waals surface area (Å²) in [6.07, 6.45) is 3.94. The van der Waals surface area contributed by atoms with Crippen molar-refractivity contribution in [1.29, 1.82) is 0 Å². The molecular weight excluding hydrogens is 508 g/mol. The number of rotatable bonds is 4. The number of hydrogen-bond donors (Lipinski definition) is 0. The first kappa shape index (κ1) is 21.8. The number of nitrogens with zero attached hydrogens (tertiary/aromatic N) is 2. The number of para-hydroxylation sites is 1. The Morgan fingerprint density at radius 1 is 0.886 bits per heavy atom. The molecule has 0 aliphatic carbocycles. The first-order valence-corrected chi connectivity index (χ1v) is 12.2. The summed E-state index contributed by atoms with van der Waals surface area (Å²) >= 11 is 3.40. The van der Waals surface area contributed by atoms with Crippen molar-refractivity contribution in [2.24, 2.45) is 11.8 Å². The number of imide groups is 1. The summed E-state index contributed by atoms with van der Waals surface area (Å²) < 4.78 is 6.09. The van der Waals surface area contributed by atoms with Gasteiger partial charge < -0.3 is 9.64 Å². The summed E-state index contributed by atoms with van der Waals surface area (Å²) in [5.41, 5.74) is 2.81. The first-order valence-electron chi connectivity index (χ1n) is 11.4. The third-order valence-corrected chi connectivity index (χ3v) is 7.67. The van der Waals surface area contributed by atoms with E-state index in [1.807, 2.05) is 41.3 Å². The zero-order chi connectivity index (χ0) is 24.3. The maximum Gasteiger partial charge on any atom is 0.240 e. The number of methoxy groups -OCH3 is 1. The Morgan fingerprint density at radius 2 is 1.57 bits per heavy atom. The molecule has 0 N–H and O–H groups in total. The number of amides is 2. The van der Waals surface area contributed by atoms with Crippen molar-refractivity contribution in [3.63, 3.8) is 0 Å². The van der Waals surface area contributed by atoms with Gasteiger partial charge in [0.25, 0.3) is 0 Å². The van der Waals surface area contributed by atoms with Gasteiger partial charge in [-0.1, -0.05) is 46.3 Å². The largest absolute Gasteiger partial charge is 0.497 e. The second kappa shape index (κ2) is 8.20. The van der Waals surface area contributed by atoms with E-state index in [0.717, 1.165) is 15.7 Å². The molecule has 2 fully saturated rings. The molecule has 0 saturated carbocycles. The van der Waals surface area contributed by atoms with Crippen molar-refractivity contribution >= 4 is 51.0 Å². The van der Waals surface area contributed by atoms with Gasteiger partial charge in [0.15, 0.2) is 5.78 Å². The molecule has 3 aromatic carbocycles. The summed E-state index contributed by atoms with van der Waals surface area (Å²) in [7, 11) is 1.57. The molecule has 3 aromatic rings. The van der Waals surface area contributed by atoms with Crippen LogP contribution in [0.25, 0.3) is 6.08 Å². The van der Waals surface area contributed by atoms with Crippen LogP contribution in [0, 0.1) is 11.8 Å². The molecule has 7 heteroatoms. The number of anilines is 2. The maximum atomic E-state index is 14.0. The molecule has 35 heavy (non-hydrogen) atoms. The molecule has 0 bridgehead atoms. The van der Waals surface area contributed by atoms with Crippen molar-refractivity contribution in [2.45, 2.75) is 12.1 Å². The Kier molecular flexibility index (Phi) is 5.11. The lowest BCUT2D eigenvalue weighted by Crippen LogP contribution is -2.48. The average Bonchev–Trinajstić information content (AvgIpc) is 3.37. The van der Waals surface area contributed by atoms with E-state index in [9.17, 15) is 14.4 Å². The second-order valence-electron chi connectivity index (χ2n) is 8.89. The summed E-state index contributed by atoms with van der Waals surface area (Å²) in [6, 6.07) is 20.5. The van der Waals surface area contributed by atoms with Gasteiger partial charge in [0.05, 0.1) is 30.7 Å². The van der Waals surface area contributed by atoms with Crippen molar-refractivity contribution in [1.82, 2.24) is 0 Å². The van der Waals surface area contributed by atoms with E-state index in [4.69, 9.17) is 4.74 Å². The zero-order valence-corrected chi connectivity index (χ0v) is 20.4. The summed E-state index contributed by atoms with van der Waals surface area (Å²) in [5, 5.41) is 0. The average molecular weight is 529 g/mol. The molecule has 4 atom stereocenters. The predicted octanol–water partition coefficient (Wildman–Crippen LogP) is 4.73. The van der Waals surface area contributed by atoms with Crippen LogP contribution in [0.1, 0.15) is 15.9 Å². The number of halogens is 1. The number of carbonyl (C=O) groups excluding carboxylic acids is 3. The van der Waals surface area contributed by atoms with Gasteiger partial charge in [-0.3, -0.25) is 14.4 Å². The fourth-order valence-electron chi connectivity index (χ4n) is 5.58. The van der Waals surface area contributed by atoms with E-state index < -0.39 is 17.9 Å². The summed E-state index contributed by atoms with van der Waals surface area (Å²) in [4.78, 5) is 44.8. The summed E-state index contributed by atoms with van der Waals surface area (Å²) in [5.74, 6) is -1.59. The van der Waals surface area contributed by atoms with Crippen LogP contribution < -0.4 is 14.5 Å². The lowest BCUT2D eigenvalue weighted by atomic mass is 9.86. The standard InChI is InChI=1S/C28H21BrN2O4/c1-35-20-13-6-17(7-14-20)26(32)25-24-23(22-15-8-16-4-2-3-5-21(16)31(22)25)27(33)30(28(24)34)19-11-9-18(29)10-12-19/h2-15,22-25H,1H3/t22-,23-,24+,25-/m0/s1. The highest BCUT2D eigenvalue weighted by Gasteiger charge is 2.64. The zero-order valence-electron chi connectivity index (χ0n) is 18.8. The molecule has 0 radical (unpaired) electrons. The van der Waals surface area contributed by atoms with Gasteiger partial charge in [-0.05, 0) is 60.2 Å². The molecule has 2 amide bonds. The fourth-order valence-corrected chi connectivity index (χ4v) is 5.85. The quantitative estimate of drug-likeness (QED) is 0.361. The predicted molar refractivity (Wildman–Crippen MR) is 136 cm³/mol. The number of benzene rings is 3. The smallest absolute Gasteiger partial charge is 0.240 e. The van der Waals surface area contributed by atoms with E-state index in [1.165, 1.54) is 4.90 Å². The topological polar surface area (TPSA) is 66.9 Å². The van der Waals surface area contributed by atoms with Crippen LogP contribution in [-0.2, 0) is 9.59 Å². The number of Topliss-reactive ketones (excluding diaryl/α,β-unsaturated/α-hetero) is 1. The molecular formula is C28H21BrN2O4. The fraction of sp³-hybridized carbons (Fsp3) is 0.179. The third-order valence-electron chi connectivity index (χ3n) is 7.14. The molecule has 0 aromatic heterocycles. The minimum absolute atomic E-state index is 0.186.